The van der Waals surface area contributed by atoms with Crippen LogP contribution in [0.5, 0.6) is 0 Å². The van der Waals surface area contributed by atoms with Gasteiger partial charge in [0.1, 0.15) is 5.52 Å². The van der Waals surface area contributed by atoms with E-state index in [4.69, 9.17) is 0 Å². The van der Waals surface area contributed by atoms with Gasteiger partial charge in [-0.1, -0.05) is 72.8 Å². The second kappa shape index (κ2) is 7.99. The molecule has 0 fully saturated rings. The van der Waals surface area contributed by atoms with Crippen molar-refractivity contribution in [2.75, 3.05) is 5.43 Å². The summed E-state index contributed by atoms with van der Waals surface area (Å²) in [6.07, 6.45) is 0. The predicted octanol–water partition coefficient (Wildman–Crippen LogP) is 5.50. The molecular formula is C25H22N6. The normalized spacial score (nSPS) is 11.9. The van der Waals surface area contributed by atoms with Crippen LogP contribution in [-0.4, -0.2) is 25.5 Å². The minimum Gasteiger partial charge on any atom is -0.324 e. The first-order chi connectivity index (χ1) is 15.2. The van der Waals surface area contributed by atoms with E-state index in [2.05, 4.69) is 85.7 Å². The second-order valence-corrected chi connectivity index (χ2v) is 7.32. The van der Waals surface area contributed by atoms with Crippen LogP contribution in [-0.2, 0) is 6.54 Å². The fraction of sp³-hybridized carbons (Fsp3) is 0.120. The zero-order valence-corrected chi connectivity index (χ0v) is 17.4. The largest absolute Gasteiger partial charge is 0.324 e. The lowest BCUT2D eigenvalue weighted by Gasteiger charge is -2.05. The molecule has 0 saturated carbocycles. The number of para-hydroxylation sites is 1. The molecule has 2 aromatic heterocycles. The van der Waals surface area contributed by atoms with Crippen LogP contribution in [0.3, 0.4) is 0 Å². The van der Waals surface area contributed by atoms with Crippen molar-refractivity contribution in [3.8, 4) is 11.1 Å². The minimum atomic E-state index is 0.380. The third-order valence-corrected chi connectivity index (χ3v) is 5.42. The topological polar surface area (TPSA) is 68.0 Å². The van der Waals surface area contributed by atoms with Gasteiger partial charge in [0.15, 0.2) is 5.65 Å². The fourth-order valence-electron chi connectivity index (χ4n) is 3.80. The number of aromatic nitrogens is 4. The Kier molecular flexibility index (Phi) is 4.88. The van der Waals surface area contributed by atoms with Crippen molar-refractivity contribution in [2.24, 2.45) is 5.10 Å². The van der Waals surface area contributed by atoms with Crippen LogP contribution in [0, 0.1) is 0 Å². The summed E-state index contributed by atoms with van der Waals surface area (Å²) < 4.78 is 2.14. The zero-order valence-electron chi connectivity index (χ0n) is 17.4. The van der Waals surface area contributed by atoms with Gasteiger partial charge in [0, 0.05) is 11.9 Å². The maximum absolute atomic E-state index is 4.67. The van der Waals surface area contributed by atoms with E-state index in [-0.39, 0.29) is 0 Å². The van der Waals surface area contributed by atoms with E-state index in [9.17, 15) is 0 Å². The quantitative estimate of drug-likeness (QED) is 0.309. The van der Waals surface area contributed by atoms with Gasteiger partial charge >= 0.3 is 0 Å². The molecule has 0 saturated heterocycles. The van der Waals surface area contributed by atoms with Crippen LogP contribution in [0.2, 0.25) is 0 Å². The van der Waals surface area contributed by atoms with Gasteiger partial charge in [0.25, 0.3) is 5.95 Å². The first-order valence-corrected chi connectivity index (χ1v) is 10.3. The summed E-state index contributed by atoms with van der Waals surface area (Å²) in [5.41, 5.74) is 9.94. The molecule has 0 spiro atoms. The van der Waals surface area contributed by atoms with E-state index < -0.39 is 0 Å². The first-order valence-electron chi connectivity index (χ1n) is 10.3. The molecule has 0 aliphatic heterocycles. The van der Waals surface area contributed by atoms with Gasteiger partial charge in [-0.15, -0.1) is 10.2 Å². The number of nitrogens with one attached hydrogen (secondary N) is 1. The summed E-state index contributed by atoms with van der Waals surface area (Å²) in [4.78, 5) is 4.67. The Bertz CT molecular complexity index is 1380. The third-order valence-electron chi connectivity index (χ3n) is 5.42. The SMILES string of the molecule is CCn1c2ccccc2c2nnc(N/N=C(\C)c3ccc(-c4ccccc4)cc3)nc21. The summed E-state index contributed by atoms with van der Waals surface area (Å²) >= 11 is 0. The standard InChI is InChI=1S/C25H22N6/c1-3-31-22-12-8-7-11-21(22)23-24(31)26-25(30-28-23)29-27-17(2)18-13-15-20(16-14-18)19-9-5-4-6-10-19/h4-16H,3H2,1-2H3,(H,26,29,30)/b27-17+. The van der Waals surface area contributed by atoms with Gasteiger partial charge in [0.05, 0.1) is 11.2 Å². The Morgan fingerprint density at radius 2 is 1.58 bits per heavy atom. The van der Waals surface area contributed by atoms with E-state index in [1.54, 1.807) is 0 Å². The van der Waals surface area contributed by atoms with Gasteiger partial charge in [-0.3, -0.25) is 0 Å². The number of anilines is 1. The van der Waals surface area contributed by atoms with E-state index in [1.165, 1.54) is 11.1 Å². The molecule has 2 heterocycles. The number of aryl methyl sites for hydroxylation is 1. The number of nitrogens with zero attached hydrogens (tertiary/aromatic N) is 5. The number of hydrogen-bond acceptors (Lipinski definition) is 5. The Labute approximate surface area is 180 Å². The fourth-order valence-corrected chi connectivity index (χ4v) is 3.80. The minimum absolute atomic E-state index is 0.380. The molecule has 0 bridgehead atoms. The molecule has 5 rings (SSSR count). The van der Waals surface area contributed by atoms with Crippen LogP contribution >= 0.6 is 0 Å². The van der Waals surface area contributed by atoms with Crippen molar-refractivity contribution in [1.29, 1.82) is 0 Å². The van der Waals surface area contributed by atoms with Gasteiger partial charge in [-0.2, -0.15) is 10.1 Å². The first kappa shape index (κ1) is 18.9. The predicted molar refractivity (Wildman–Crippen MR) is 126 cm³/mol. The lowest BCUT2D eigenvalue weighted by Crippen LogP contribution is -2.04. The molecule has 0 aliphatic carbocycles. The molecule has 0 amide bonds. The Balaban J connectivity index is 1.41. The van der Waals surface area contributed by atoms with Gasteiger partial charge < -0.3 is 4.57 Å². The van der Waals surface area contributed by atoms with Gasteiger partial charge in [-0.25, -0.2) is 5.43 Å². The molecular weight excluding hydrogens is 384 g/mol. The highest BCUT2D eigenvalue weighted by Crippen LogP contribution is 2.26. The smallest absolute Gasteiger partial charge is 0.265 e. The molecule has 0 atom stereocenters. The molecule has 0 aliphatic rings. The molecule has 5 aromatic rings. The molecule has 1 N–H and O–H groups in total. The maximum Gasteiger partial charge on any atom is 0.265 e. The van der Waals surface area contributed by atoms with Crippen molar-refractivity contribution in [1.82, 2.24) is 19.7 Å². The van der Waals surface area contributed by atoms with Gasteiger partial charge in [-0.05, 0) is 36.6 Å². The number of rotatable bonds is 5. The summed E-state index contributed by atoms with van der Waals surface area (Å²) in [6.45, 7) is 4.86. The van der Waals surface area contributed by atoms with Crippen LogP contribution in [0.15, 0.2) is 84.0 Å². The number of benzene rings is 3. The highest BCUT2D eigenvalue weighted by molar-refractivity contribution is 6.04. The van der Waals surface area contributed by atoms with Crippen molar-refractivity contribution in [3.63, 3.8) is 0 Å². The van der Waals surface area contributed by atoms with Crippen LogP contribution < -0.4 is 5.43 Å². The summed E-state index contributed by atoms with van der Waals surface area (Å²) in [7, 11) is 0. The van der Waals surface area contributed by atoms with Crippen molar-refractivity contribution in [2.45, 2.75) is 20.4 Å². The Morgan fingerprint density at radius 3 is 2.35 bits per heavy atom. The number of hydrogen-bond donors (Lipinski definition) is 1. The highest BCUT2D eigenvalue weighted by atomic mass is 15.4. The lowest BCUT2D eigenvalue weighted by atomic mass is 10.0. The van der Waals surface area contributed by atoms with E-state index >= 15 is 0 Å². The summed E-state index contributed by atoms with van der Waals surface area (Å²) in [6, 6.07) is 26.8. The molecule has 0 radical (unpaired) electrons. The highest BCUT2D eigenvalue weighted by Gasteiger charge is 2.13. The van der Waals surface area contributed by atoms with E-state index in [1.807, 2.05) is 37.3 Å². The Hall–Kier alpha value is -4.06. The van der Waals surface area contributed by atoms with E-state index in [0.717, 1.165) is 39.9 Å². The summed E-state index contributed by atoms with van der Waals surface area (Å²) in [5.74, 6) is 0.380. The molecule has 31 heavy (non-hydrogen) atoms. The number of fused-ring (bicyclic) bond motifs is 3. The molecule has 0 unspecified atom stereocenters. The molecule has 152 valence electrons. The second-order valence-electron chi connectivity index (χ2n) is 7.32. The number of hydrazone groups is 1. The zero-order chi connectivity index (χ0) is 21.2. The Morgan fingerprint density at radius 1 is 0.871 bits per heavy atom. The molecule has 6 nitrogen and oxygen atoms in total. The average molecular weight is 406 g/mol. The maximum atomic E-state index is 4.67. The van der Waals surface area contributed by atoms with Crippen LogP contribution in [0.1, 0.15) is 19.4 Å². The lowest BCUT2D eigenvalue weighted by molar-refractivity contribution is 0.811. The van der Waals surface area contributed by atoms with Crippen molar-refractivity contribution < 1.29 is 0 Å². The molecule has 3 aromatic carbocycles. The van der Waals surface area contributed by atoms with Crippen LogP contribution in [0.25, 0.3) is 33.2 Å². The van der Waals surface area contributed by atoms with E-state index in [0.29, 0.717) is 5.95 Å². The van der Waals surface area contributed by atoms with Crippen molar-refractivity contribution in [3.05, 3.63) is 84.4 Å². The van der Waals surface area contributed by atoms with Crippen molar-refractivity contribution >= 4 is 33.7 Å². The third kappa shape index (κ3) is 3.53. The van der Waals surface area contributed by atoms with Crippen LogP contribution in [0.4, 0.5) is 5.95 Å². The summed E-state index contributed by atoms with van der Waals surface area (Å²) in [5, 5.41) is 14.2. The van der Waals surface area contributed by atoms with Gasteiger partial charge in [0.2, 0.25) is 0 Å². The molecule has 6 heteroatoms. The monoisotopic (exact) mass is 406 g/mol. The average Bonchev–Trinajstić information content (AvgIpc) is 3.16.